The Bertz CT molecular complexity index is 1090. The van der Waals surface area contributed by atoms with Crippen LogP contribution >= 0.6 is 0 Å². The fourth-order valence-corrected chi connectivity index (χ4v) is 8.79. The van der Waals surface area contributed by atoms with Crippen LogP contribution in [0, 0.1) is 28.1 Å². The highest BCUT2D eigenvalue weighted by Crippen LogP contribution is 2.71. The Kier molecular flexibility index (Phi) is 3.97. The topological polar surface area (TPSA) is 52.6 Å². The van der Waals surface area contributed by atoms with Gasteiger partial charge in [-0.15, -0.1) is 0 Å². The summed E-state index contributed by atoms with van der Waals surface area (Å²) < 4.78 is 12.9. The fraction of sp³-hybridized carbons (Fsp3) is 0.571. The molecule has 3 aliphatic carbocycles. The number of ether oxygens (including phenoxy) is 2. The van der Waals surface area contributed by atoms with Gasteiger partial charge >= 0.3 is 5.97 Å². The van der Waals surface area contributed by atoms with Crippen molar-refractivity contribution in [1.29, 1.82) is 0 Å². The number of hydrogen-bond acceptors (Lipinski definition) is 4. The normalized spacial score (nSPS) is 48.5. The summed E-state index contributed by atoms with van der Waals surface area (Å²) in [7, 11) is 0. The SMILES string of the molecule is CC[C@H]1[C@]2(C)C3=C(C)[C@H](c4ccccc4)C[C@H]3O[C@@H]2[C@@H]2OC(=O)[C@]3(C)C=CC(=O)[C@@]1(C)[C@@H]23. The predicted octanol–water partition coefficient (Wildman–Crippen LogP) is 5.00. The van der Waals surface area contributed by atoms with Crippen LogP contribution in [-0.4, -0.2) is 30.1 Å². The Morgan fingerprint density at radius 2 is 1.78 bits per heavy atom. The maximum atomic E-state index is 13.6. The minimum atomic E-state index is -0.765. The molecule has 32 heavy (non-hydrogen) atoms. The van der Waals surface area contributed by atoms with E-state index in [2.05, 4.69) is 58.0 Å². The number of benzene rings is 1. The number of esters is 1. The molecule has 168 valence electrons. The van der Waals surface area contributed by atoms with Crippen molar-refractivity contribution >= 4 is 11.8 Å². The molecule has 2 heterocycles. The molecule has 1 saturated carbocycles. The average molecular weight is 433 g/mol. The summed E-state index contributed by atoms with van der Waals surface area (Å²) in [6, 6.07) is 10.6. The molecule has 4 heteroatoms. The van der Waals surface area contributed by atoms with Crippen LogP contribution in [0.2, 0.25) is 0 Å². The molecule has 4 nitrogen and oxygen atoms in total. The van der Waals surface area contributed by atoms with Crippen molar-refractivity contribution in [3.05, 3.63) is 59.2 Å². The molecule has 0 spiro atoms. The molecular weight excluding hydrogens is 400 g/mol. The molecule has 0 bridgehead atoms. The summed E-state index contributed by atoms with van der Waals surface area (Å²) in [6.45, 7) is 10.8. The Morgan fingerprint density at radius 1 is 1.06 bits per heavy atom. The zero-order valence-electron chi connectivity index (χ0n) is 19.6. The first-order valence-electron chi connectivity index (χ1n) is 12.0. The lowest BCUT2D eigenvalue weighted by Crippen LogP contribution is -2.65. The third-order valence-electron chi connectivity index (χ3n) is 9.97. The standard InChI is InChI=1S/C28H32O4/c1-6-19-27(4)20(29)12-13-26(3)23(27)22(32-25(26)30)24-28(19,5)21-15(2)17(14-18(21)31-24)16-10-8-7-9-11-16/h7-13,17-19,22-24H,6,14H2,1-5H3/t17-,18-,19-,22-,23+,24-,26-,27+,28-/m1/s1. The quantitative estimate of drug-likeness (QED) is 0.488. The van der Waals surface area contributed by atoms with Crippen LogP contribution in [0.25, 0.3) is 0 Å². The Morgan fingerprint density at radius 3 is 2.47 bits per heavy atom. The molecule has 0 aromatic heterocycles. The van der Waals surface area contributed by atoms with Gasteiger partial charge in [0.15, 0.2) is 5.78 Å². The van der Waals surface area contributed by atoms with Gasteiger partial charge in [-0.3, -0.25) is 9.59 Å². The first-order chi connectivity index (χ1) is 15.2. The number of carbonyl (C=O) groups excluding carboxylic acids is 2. The summed E-state index contributed by atoms with van der Waals surface area (Å²) in [5.74, 6) is 0.143. The molecule has 0 amide bonds. The van der Waals surface area contributed by atoms with E-state index in [1.807, 2.05) is 6.92 Å². The van der Waals surface area contributed by atoms with Crippen LogP contribution in [0.1, 0.15) is 58.9 Å². The summed E-state index contributed by atoms with van der Waals surface area (Å²) in [5, 5.41) is 0. The lowest BCUT2D eigenvalue weighted by atomic mass is 9.42. The molecule has 6 rings (SSSR count). The second kappa shape index (κ2) is 6.22. The maximum absolute atomic E-state index is 13.6. The highest BCUT2D eigenvalue weighted by atomic mass is 16.6. The fourth-order valence-electron chi connectivity index (χ4n) is 8.79. The van der Waals surface area contributed by atoms with Gasteiger partial charge < -0.3 is 9.47 Å². The van der Waals surface area contributed by atoms with Crippen molar-refractivity contribution in [3.63, 3.8) is 0 Å². The van der Waals surface area contributed by atoms with Gasteiger partial charge in [-0.25, -0.2) is 0 Å². The smallest absolute Gasteiger partial charge is 0.316 e. The number of hydrogen-bond donors (Lipinski definition) is 0. The Balaban J connectivity index is 1.55. The predicted molar refractivity (Wildman–Crippen MR) is 121 cm³/mol. The molecule has 0 radical (unpaired) electrons. The molecule has 3 fully saturated rings. The second-order valence-corrected chi connectivity index (χ2v) is 11.2. The van der Waals surface area contributed by atoms with E-state index in [0.717, 1.165) is 12.8 Å². The highest BCUT2D eigenvalue weighted by molar-refractivity contribution is 6.00. The van der Waals surface area contributed by atoms with E-state index >= 15 is 0 Å². The molecule has 1 aromatic carbocycles. The minimum Gasteiger partial charge on any atom is -0.459 e. The van der Waals surface area contributed by atoms with E-state index in [-0.39, 0.29) is 47.3 Å². The zero-order valence-corrected chi connectivity index (χ0v) is 19.6. The first kappa shape index (κ1) is 20.4. The molecule has 5 aliphatic rings. The van der Waals surface area contributed by atoms with E-state index < -0.39 is 10.8 Å². The zero-order chi connectivity index (χ0) is 22.6. The molecule has 0 N–H and O–H groups in total. The average Bonchev–Trinajstić information content (AvgIpc) is 3.35. The Hall–Kier alpha value is -2.20. The van der Waals surface area contributed by atoms with Crippen molar-refractivity contribution in [2.75, 3.05) is 0 Å². The monoisotopic (exact) mass is 432 g/mol. The van der Waals surface area contributed by atoms with Gasteiger partial charge in [0.05, 0.1) is 11.5 Å². The van der Waals surface area contributed by atoms with Crippen molar-refractivity contribution in [1.82, 2.24) is 0 Å². The van der Waals surface area contributed by atoms with E-state index in [1.54, 1.807) is 12.2 Å². The van der Waals surface area contributed by atoms with Crippen molar-refractivity contribution in [2.45, 2.75) is 71.7 Å². The number of fused-ring (bicyclic) bond motifs is 4. The third kappa shape index (κ3) is 2.09. The van der Waals surface area contributed by atoms with Gasteiger partial charge in [0, 0.05) is 22.7 Å². The molecule has 0 unspecified atom stereocenters. The van der Waals surface area contributed by atoms with E-state index in [9.17, 15) is 9.59 Å². The molecule has 9 atom stereocenters. The maximum Gasteiger partial charge on any atom is 0.316 e. The molecular formula is C28H32O4. The van der Waals surface area contributed by atoms with Crippen molar-refractivity contribution in [2.24, 2.45) is 28.1 Å². The van der Waals surface area contributed by atoms with E-state index in [0.29, 0.717) is 5.92 Å². The lowest BCUT2D eigenvalue weighted by Gasteiger charge is -2.59. The van der Waals surface area contributed by atoms with Crippen LogP contribution in [0.15, 0.2) is 53.6 Å². The van der Waals surface area contributed by atoms with E-state index in [1.165, 1.54) is 16.7 Å². The number of carbonyl (C=O) groups is 2. The summed E-state index contributed by atoms with van der Waals surface area (Å²) in [4.78, 5) is 26.7. The summed E-state index contributed by atoms with van der Waals surface area (Å²) >= 11 is 0. The summed E-state index contributed by atoms with van der Waals surface area (Å²) in [5.41, 5.74) is 2.29. The largest absolute Gasteiger partial charge is 0.459 e. The number of rotatable bonds is 2. The van der Waals surface area contributed by atoms with Crippen LogP contribution in [0.3, 0.4) is 0 Å². The Labute approximate surface area is 190 Å². The van der Waals surface area contributed by atoms with Crippen molar-refractivity contribution < 1.29 is 19.1 Å². The van der Waals surface area contributed by atoms with Gasteiger partial charge in [-0.1, -0.05) is 69.2 Å². The second-order valence-electron chi connectivity index (χ2n) is 11.2. The summed E-state index contributed by atoms with van der Waals surface area (Å²) in [6.07, 6.45) is 4.65. The molecule has 1 aromatic rings. The van der Waals surface area contributed by atoms with Crippen molar-refractivity contribution in [3.8, 4) is 0 Å². The third-order valence-corrected chi connectivity index (χ3v) is 9.97. The van der Waals surface area contributed by atoms with Gasteiger partial charge in [-0.2, -0.15) is 0 Å². The van der Waals surface area contributed by atoms with Gasteiger partial charge in [0.2, 0.25) is 0 Å². The lowest BCUT2D eigenvalue weighted by molar-refractivity contribution is -0.186. The van der Waals surface area contributed by atoms with Crippen LogP contribution in [0.4, 0.5) is 0 Å². The van der Waals surface area contributed by atoms with Gasteiger partial charge in [-0.05, 0) is 43.4 Å². The highest BCUT2D eigenvalue weighted by Gasteiger charge is 2.77. The van der Waals surface area contributed by atoms with Gasteiger partial charge in [0.1, 0.15) is 12.2 Å². The molecule has 2 aliphatic heterocycles. The van der Waals surface area contributed by atoms with Gasteiger partial charge in [0.25, 0.3) is 0 Å². The van der Waals surface area contributed by atoms with Crippen LogP contribution in [0.5, 0.6) is 0 Å². The number of allylic oxidation sites excluding steroid dienone is 2. The van der Waals surface area contributed by atoms with Crippen LogP contribution < -0.4 is 0 Å². The number of ketones is 1. The first-order valence-corrected chi connectivity index (χ1v) is 12.0. The molecule has 2 saturated heterocycles. The minimum absolute atomic E-state index is 0.0154. The van der Waals surface area contributed by atoms with E-state index in [4.69, 9.17) is 9.47 Å². The van der Waals surface area contributed by atoms with Crippen LogP contribution in [-0.2, 0) is 19.1 Å².